The molecule has 2 rings (SSSR count). The largest absolute Gasteiger partial charge is 0.340 e. The highest BCUT2D eigenvalue weighted by Gasteiger charge is 2.27. The van der Waals surface area contributed by atoms with Crippen LogP contribution in [-0.4, -0.2) is 61.5 Å². The van der Waals surface area contributed by atoms with Crippen molar-refractivity contribution in [1.82, 2.24) is 15.1 Å². The standard InChI is InChI=1S/C14H27N3O/c1-3-13-11-17(8-7-16(13)2)14(18)9-12-5-4-6-15-10-12/h12-13,15H,3-11H2,1-2H3. The fourth-order valence-electron chi connectivity index (χ4n) is 3.09. The Morgan fingerprint density at radius 2 is 2.22 bits per heavy atom. The molecule has 104 valence electrons. The van der Waals surface area contributed by atoms with E-state index in [0.717, 1.165) is 45.6 Å². The van der Waals surface area contributed by atoms with Crippen molar-refractivity contribution in [3.63, 3.8) is 0 Å². The highest BCUT2D eigenvalue weighted by atomic mass is 16.2. The summed E-state index contributed by atoms with van der Waals surface area (Å²) in [5.74, 6) is 0.932. The zero-order valence-electron chi connectivity index (χ0n) is 11.8. The van der Waals surface area contributed by atoms with Crippen molar-refractivity contribution < 1.29 is 4.79 Å². The van der Waals surface area contributed by atoms with E-state index in [9.17, 15) is 4.79 Å². The summed E-state index contributed by atoms with van der Waals surface area (Å²) in [6.07, 6.45) is 4.31. The predicted molar refractivity (Wildman–Crippen MR) is 73.5 cm³/mol. The van der Waals surface area contributed by atoms with E-state index in [4.69, 9.17) is 0 Å². The van der Waals surface area contributed by atoms with Gasteiger partial charge in [-0.3, -0.25) is 9.69 Å². The number of piperidine rings is 1. The third kappa shape index (κ3) is 3.45. The number of piperazine rings is 1. The summed E-state index contributed by atoms with van der Waals surface area (Å²) in [7, 11) is 2.17. The zero-order chi connectivity index (χ0) is 13.0. The molecule has 0 radical (unpaired) electrons. The van der Waals surface area contributed by atoms with Gasteiger partial charge in [0.25, 0.3) is 0 Å². The average molecular weight is 253 g/mol. The molecule has 4 heteroatoms. The van der Waals surface area contributed by atoms with E-state index in [-0.39, 0.29) is 0 Å². The van der Waals surface area contributed by atoms with E-state index in [1.54, 1.807) is 0 Å². The third-order valence-corrected chi connectivity index (χ3v) is 4.46. The first-order chi connectivity index (χ1) is 8.70. The Labute approximate surface area is 111 Å². The maximum absolute atomic E-state index is 12.3. The van der Waals surface area contributed by atoms with Crippen LogP contribution in [0, 0.1) is 5.92 Å². The van der Waals surface area contributed by atoms with Gasteiger partial charge in [-0.15, -0.1) is 0 Å². The van der Waals surface area contributed by atoms with Crippen LogP contribution in [0.2, 0.25) is 0 Å². The minimum absolute atomic E-state index is 0.371. The van der Waals surface area contributed by atoms with Crippen LogP contribution in [0.1, 0.15) is 32.6 Å². The monoisotopic (exact) mass is 253 g/mol. The molecule has 0 bridgehead atoms. The van der Waals surface area contributed by atoms with Crippen LogP contribution < -0.4 is 5.32 Å². The quantitative estimate of drug-likeness (QED) is 0.813. The van der Waals surface area contributed by atoms with Gasteiger partial charge in [-0.2, -0.15) is 0 Å². The fraction of sp³-hybridized carbons (Fsp3) is 0.929. The van der Waals surface area contributed by atoms with Crippen LogP contribution in [0.3, 0.4) is 0 Å². The number of nitrogens with zero attached hydrogens (tertiary/aromatic N) is 2. The van der Waals surface area contributed by atoms with Gasteiger partial charge in [0.1, 0.15) is 0 Å². The lowest BCUT2D eigenvalue weighted by Gasteiger charge is -2.39. The van der Waals surface area contributed by atoms with Gasteiger partial charge in [0, 0.05) is 32.1 Å². The number of hydrogen-bond donors (Lipinski definition) is 1. The normalized spacial score (nSPS) is 30.4. The number of amides is 1. The van der Waals surface area contributed by atoms with E-state index in [0.29, 0.717) is 17.9 Å². The highest BCUT2D eigenvalue weighted by molar-refractivity contribution is 5.76. The van der Waals surface area contributed by atoms with E-state index < -0.39 is 0 Å². The molecular formula is C14H27N3O. The second-order valence-corrected chi connectivity index (χ2v) is 5.80. The van der Waals surface area contributed by atoms with E-state index in [1.165, 1.54) is 12.8 Å². The molecule has 2 fully saturated rings. The summed E-state index contributed by atoms with van der Waals surface area (Å²) in [5, 5.41) is 3.39. The molecule has 0 aromatic heterocycles. The van der Waals surface area contributed by atoms with Gasteiger partial charge in [-0.25, -0.2) is 0 Å². The molecule has 1 N–H and O–H groups in total. The first-order valence-corrected chi connectivity index (χ1v) is 7.39. The summed E-state index contributed by atoms with van der Waals surface area (Å²) in [4.78, 5) is 16.8. The van der Waals surface area contributed by atoms with Crippen molar-refractivity contribution in [1.29, 1.82) is 0 Å². The Morgan fingerprint density at radius 1 is 1.39 bits per heavy atom. The predicted octanol–water partition coefficient (Wildman–Crippen LogP) is 0.929. The molecule has 4 nitrogen and oxygen atoms in total. The second-order valence-electron chi connectivity index (χ2n) is 5.80. The Bertz CT molecular complexity index is 276. The van der Waals surface area contributed by atoms with Crippen molar-refractivity contribution in [2.75, 3.05) is 39.8 Å². The molecule has 2 aliphatic rings. The van der Waals surface area contributed by atoms with E-state index >= 15 is 0 Å². The molecule has 2 aliphatic heterocycles. The molecule has 2 heterocycles. The fourth-order valence-corrected chi connectivity index (χ4v) is 3.09. The number of likely N-dealkylation sites (N-methyl/N-ethyl adjacent to an activating group) is 1. The Hall–Kier alpha value is -0.610. The minimum Gasteiger partial charge on any atom is -0.340 e. The number of carbonyl (C=O) groups excluding carboxylic acids is 1. The lowest BCUT2D eigenvalue weighted by molar-refractivity contribution is -0.135. The second kappa shape index (κ2) is 6.53. The first kappa shape index (κ1) is 13.8. The first-order valence-electron chi connectivity index (χ1n) is 7.39. The number of rotatable bonds is 3. The van der Waals surface area contributed by atoms with Crippen LogP contribution in [-0.2, 0) is 4.79 Å². The lowest BCUT2D eigenvalue weighted by atomic mass is 9.95. The summed E-state index contributed by atoms with van der Waals surface area (Å²) < 4.78 is 0. The Balaban J connectivity index is 1.81. The molecule has 0 aliphatic carbocycles. The third-order valence-electron chi connectivity index (χ3n) is 4.46. The molecule has 2 atom stereocenters. The van der Waals surface area contributed by atoms with Crippen LogP contribution in [0.5, 0.6) is 0 Å². The summed E-state index contributed by atoms with van der Waals surface area (Å²) in [6.45, 7) is 7.21. The molecule has 1 amide bonds. The van der Waals surface area contributed by atoms with E-state index in [1.807, 2.05) is 0 Å². The van der Waals surface area contributed by atoms with Gasteiger partial charge in [-0.05, 0) is 45.3 Å². The zero-order valence-corrected chi connectivity index (χ0v) is 11.8. The van der Waals surface area contributed by atoms with Crippen molar-refractivity contribution in [2.24, 2.45) is 5.92 Å². The number of carbonyl (C=O) groups is 1. The van der Waals surface area contributed by atoms with Gasteiger partial charge in [0.05, 0.1) is 0 Å². The van der Waals surface area contributed by atoms with Crippen molar-refractivity contribution in [2.45, 2.75) is 38.6 Å². The summed E-state index contributed by atoms with van der Waals surface area (Å²) in [6, 6.07) is 0.548. The maximum Gasteiger partial charge on any atom is 0.222 e. The van der Waals surface area contributed by atoms with Gasteiger partial charge in [-0.1, -0.05) is 6.92 Å². The Kier molecular flexibility index (Phi) is 5.01. The smallest absolute Gasteiger partial charge is 0.222 e. The topological polar surface area (TPSA) is 35.6 Å². The van der Waals surface area contributed by atoms with Crippen LogP contribution >= 0.6 is 0 Å². The van der Waals surface area contributed by atoms with Gasteiger partial charge < -0.3 is 10.2 Å². The molecule has 0 spiro atoms. The molecule has 2 saturated heterocycles. The minimum atomic E-state index is 0.371. The molecule has 18 heavy (non-hydrogen) atoms. The van der Waals surface area contributed by atoms with Crippen molar-refractivity contribution in [3.8, 4) is 0 Å². The molecule has 0 saturated carbocycles. The molecule has 0 aromatic carbocycles. The molecule has 0 aromatic rings. The average Bonchev–Trinajstić information content (AvgIpc) is 2.40. The molecule has 2 unspecified atom stereocenters. The van der Waals surface area contributed by atoms with Crippen molar-refractivity contribution >= 4 is 5.91 Å². The van der Waals surface area contributed by atoms with E-state index in [2.05, 4.69) is 29.1 Å². The summed E-state index contributed by atoms with van der Waals surface area (Å²) >= 11 is 0. The van der Waals surface area contributed by atoms with Gasteiger partial charge in [0.15, 0.2) is 0 Å². The maximum atomic E-state index is 12.3. The van der Waals surface area contributed by atoms with Crippen LogP contribution in [0.4, 0.5) is 0 Å². The van der Waals surface area contributed by atoms with Gasteiger partial charge in [0.2, 0.25) is 5.91 Å². The SMILES string of the molecule is CCC1CN(C(=O)CC2CCCNC2)CCN1C. The number of hydrogen-bond acceptors (Lipinski definition) is 3. The molecular weight excluding hydrogens is 226 g/mol. The highest BCUT2D eigenvalue weighted by Crippen LogP contribution is 2.18. The van der Waals surface area contributed by atoms with Crippen LogP contribution in [0.25, 0.3) is 0 Å². The number of nitrogens with one attached hydrogen (secondary N) is 1. The van der Waals surface area contributed by atoms with Gasteiger partial charge >= 0.3 is 0 Å². The summed E-state index contributed by atoms with van der Waals surface area (Å²) in [5.41, 5.74) is 0. The lowest BCUT2D eigenvalue weighted by Crippen LogP contribution is -2.53. The van der Waals surface area contributed by atoms with Crippen molar-refractivity contribution in [3.05, 3.63) is 0 Å². The Morgan fingerprint density at radius 3 is 2.89 bits per heavy atom. The van der Waals surface area contributed by atoms with Crippen LogP contribution in [0.15, 0.2) is 0 Å².